The minimum atomic E-state index is -0.436. The zero-order valence-corrected chi connectivity index (χ0v) is 10.3. The Hall–Kier alpha value is -1.53. The van der Waals surface area contributed by atoms with Crippen molar-refractivity contribution in [3.63, 3.8) is 0 Å². The van der Waals surface area contributed by atoms with Crippen LogP contribution in [0.15, 0.2) is 12.4 Å². The molecule has 17 heavy (non-hydrogen) atoms. The predicted octanol–water partition coefficient (Wildman–Crippen LogP) is 0.414. The summed E-state index contributed by atoms with van der Waals surface area (Å²) >= 11 is 0. The summed E-state index contributed by atoms with van der Waals surface area (Å²) < 4.78 is 1.60. The average Bonchev–Trinajstić information content (AvgIpc) is 2.70. The molecule has 6 heteroatoms. The highest BCUT2D eigenvalue weighted by atomic mass is 16.3. The molecule has 0 radical (unpaired) electrons. The minimum Gasteiger partial charge on any atom is -0.394 e. The predicted molar refractivity (Wildman–Crippen MR) is 63.5 cm³/mol. The van der Waals surface area contributed by atoms with Crippen LogP contribution in [0.2, 0.25) is 0 Å². The molecule has 0 aliphatic carbocycles. The topological polar surface area (TPSA) is 89.3 Å². The molecule has 0 aliphatic heterocycles. The molecule has 2 heterocycles. The van der Waals surface area contributed by atoms with E-state index in [4.69, 9.17) is 10.8 Å². The van der Waals surface area contributed by atoms with E-state index in [1.54, 1.807) is 16.9 Å². The van der Waals surface area contributed by atoms with Gasteiger partial charge >= 0.3 is 0 Å². The second-order valence-corrected chi connectivity index (χ2v) is 5.11. The van der Waals surface area contributed by atoms with Gasteiger partial charge in [-0.25, -0.2) is 9.50 Å². The van der Waals surface area contributed by atoms with E-state index in [2.05, 4.69) is 15.1 Å². The lowest BCUT2D eigenvalue weighted by molar-refractivity contribution is 0.267. The molecule has 1 atom stereocenters. The number of aliphatic hydroxyl groups is 1. The Morgan fingerprint density at radius 1 is 1.47 bits per heavy atom. The van der Waals surface area contributed by atoms with Crippen molar-refractivity contribution in [3.8, 4) is 0 Å². The average molecular weight is 235 g/mol. The summed E-state index contributed by atoms with van der Waals surface area (Å²) in [5.41, 5.74) is 6.35. The molecular weight excluding hydrogens is 218 g/mol. The molecule has 92 valence electrons. The summed E-state index contributed by atoms with van der Waals surface area (Å²) in [6, 6.07) is -0.436. The Morgan fingerprint density at radius 2 is 2.18 bits per heavy atom. The SMILES string of the molecule is CC(C)(C)c1nc2ncc(C(N)CO)cn2n1. The fraction of sp³-hybridized carbons (Fsp3) is 0.545. The van der Waals surface area contributed by atoms with E-state index < -0.39 is 6.04 Å². The number of nitrogens with zero attached hydrogens (tertiary/aromatic N) is 4. The molecule has 0 saturated heterocycles. The molecule has 3 N–H and O–H groups in total. The highest BCUT2D eigenvalue weighted by Crippen LogP contribution is 2.18. The first-order valence-electron chi connectivity index (χ1n) is 5.51. The van der Waals surface area contributed by atoms with Crippen LogP contribution in [0.4, 0.5) is 0 Å². The van der Waals surface area contributed by atoms with Crippen LogP contribution in [-0.2, 0) is 5.41 Å². The van der Waals surface area contributed by atoms with E-state index >= 15 is 0 Å². The maximum Gasteiger partial charge on any atom is 0.252 e. The van der Waals surface area contributed by atoms with Gasteiger partial charge < -0.3 is 10.8 Å². The van der Waals surface area contributed by atoms with E-state index in [1.807, 2.05) is 20.8 Å². The van der Waals surface area contributed by atoms with Gasteiger partial charge in [0.05, 0.1) is 12.6 Å². The van der Waals surface area contributed by atoms with Gasteiger partial charge in [-0.3, -0.25) is 0 Å². The number of fused-ring (bicyclic) bond motifs is 1. The van der Waals surface area contributed by atoms with E-state index in [9.17, 15) is 0 Å². The van der Waals surface area contributed by atoms with Gasteiger partial charge in [-0.1, -0.05) is 20.8 Å². The van der Waals surface area contributed by atoms with E-state index in [0.717, 1.165) is 11.4 Å². The van der Waals surface area contributed by atoms with Crippen molar-refractivity contribution in [2.45, 2.75) is 32.2 Å². The zero-order valence-electron chi connectivity index (χ0n) is 10.3. The van der Waals surface area contributed by atoms with Gasteiger partial charge in [0.1, 0.15) is 0 Å². The smallest absolute Gasteiger partial charge is 0.252 e. The van der Waals surface area contributed by atoms with Gasteiger partial charge in [0.2, 0.25) is 0 Å². The van der Waals surface area contributed by atoms with Crippen LogP contribution in [0.3, 0.4) is 0 Å². The molecule has 0 fully saturated rings. The standard InChI is InChI=1S/C11H17N5O/c1-11(2,3)9-14-10-13-4-7(8(12)6-17)5-16(10)15-9/h4-5,8,17H,6,12H2,1-3H3. The first-order valence-corrected chi connectivity index (χ1v) is 5.51. The summed E-state index contributed by atoms with van der Waals surface area (Å²) in [4.78, 5) is 8.53. The van der Waals surface area contributed by atoms with Crippen LogP contribution in [0, 0.1) is 0 Å². The van der Waals surface area contributed by atoms with E-state index in [-0.39, 0.29) is 12.0 Å². The fourth-order valence-electron chi connectivity index (χ4n) is 1.41. The van der Waals surface area contributed by atoms with Crippen LogP contribution in [-0.4, -0.2) is 31.3 Å². The molecular formula is C11H17N5O. The van der Waals surface area contributed by atoms with Gasteiger partial charge in [-0.05, 0) is 0 Å². The summed E-state index contributed by atoms with van der Waals surface area (Å²) in [5, 5.41) is 13.4. The molecule has 2 rings (SSSR count). The maximum absolute atomic E-state index is 9.00. The van der Waals surface area contributed by atoms with Gasteiger partial charge in [-0.15, -0.1) is 5.10 Å². The molecule has 2 aromatic rings. The number of hydrogen-bond donors (Lipinski definition) is 2. The van der Waals surface area contributed by atoms with Gasteiger partial charge in [0.15, 0.2) is 5.82 Å². The van der Waals surface area contributed by atoms with Crippen molar-refractivity contribution < 1.29 is 5.11 Å². The molecule has 6 nitrogen and oxygen atoms in total. The lowest BCUT2D eigenvalue weighted by Gasteiger charge is -2.11. The third-order valence-corrected chi connectivity index (χ3v) is 2.51. The number of hydrogen-bond acceptors (Lipinski definition) is 5. The zero-order chi connectivity index (χ0) is 12.6. The van der Waals surface area contributed by atoms with Gasteiger partial charge in [0.25, 0.3) is 5.78 Å². The third-order valence-electron chi connectivity index (χ3n) is 2.51. The normalized spacial score (nSPS) is 14.2. The molecule has 1 unspecified atom stereocenters. The highest BCUT2D eigenvalue weighted by molar-refractivity contribution is 5.30. The Morgan fingerprint density at radius 3 is 2.76 bits per heavy atom. The van der Waals surface area contributed by atoms with Crippen molar-refractivity contribution in [3.05, 3.63) is 23.8 Å². The Kier molecular flexibility index (Phi) is 2.84. The summed E-state index contributed by atoms with van der Waals surface area (Å²) in [5.74, 6) is 1.28. The Labute approximate surface area is 99.5 Å². The number of nitrogens with two attached hydrogens (primary N) is 1. The van der Waals surface area contributed by atoms with Crippen molar-refractivity contribution >= 4 is 5.78 Å². The van der Waals surface area contributed by atoms with Crippen LogP contribution in [0.25, 0.3) is 5.78 Å². The van der Waals surface area contributed by atoms with Crippen LogP contribution < -0.4 is 5.73 Å². The van der Waals surface area contributed by atoms with Crippen LogP contribution >= 0.6 is 0 Å². The van der Waals surface area contributed by atoms with Crippen LogP contribution in [0.1, 0.15) is 38.2 Å². The van der Waals surface area contributed by atoms with Gasteiger partial charge in [0, 0.05) is 23.4 Å². The molecule has 0 spiro atoms. The lowest BCUT2D eigenvalue weighted by Crippen LogP contribution is -2.15. The first kappa shape index (κ1) is 11.9. The van der Waals surface area contributed by atoms with Crippen LogP contribution in [0.5, 0.6) is 0 Å². The summed E-state index contributed by atoms with van der Waals surface area (Å²) in [6.07, 6.45) is 3.38. The minimum absolute atomic E-state index is 0.117. The second kappa shape index (κ2) is 4.05. The van der Waals surface area contributed by atoms with Gasteiger partial charge in [-0.2, -0.15) is 4.98 Å². The monoisotopic (exact) mass is 235 g/mol. The number of rotatable bonds is 2. The lowest BCUT2D eigenvalue weighted by atomic mass is 9.96. The Bertz CT molecular complexity index is 528. The number of aromatic nitrogens is 4. The fourth-order valence-corrected chi connectivity index (χ4v) is 1.41. The first-order chi connectivity index (χ1) is 7.91. The molecule has 0 aromatic carbocycles. The van der Waals surface area contributed by atoms with Crippen molar-refractivity contribution in [1.29, 1.82) is 0 Å². The highest BCUT2D eigenvalue weighted by Gasteiger charge is 2.20. The largest absolute Gasteiger partial charge is 0.394 e. The second-order valence-electron chi connectivity index (χ2n) is 5.11. The maximum atomic E-state index is 9.00. The van der Waals surface area contributed by atoms with Crippen molar-refractivity contribution in [2.75, 3.05) is 6.61 Å². The Balaban J connectivity index is 2.48. The quantitative estimate of drug-likeness (QED) is 0.787. The third kappa shape index (κ3) is 2.27. The molecule has 2 aromatic heterocycles. The molecule has 0 bridgehead atoms. The molecule has 0 amide bonds. The summed E-state index contributed by atoms with van der Waals surface area (Å²) in [6.45, 7) is 6.01. The number of aliphatic hydroxyl groups excluding tert-OH is 1. The van der Waals surface area contributed by atoms with Crippen molar-refractivity contribution in [1.82, 2.24) is 19.6 Å². The molecule has 0 aliphatic rings. The van der Waals surface area contributed by atoms with E-state index in [0.29, 0.717) is 5.78 Å². The molecule has 0 saturated carbocycles. The van der Waals surface area contributed by atoms with E-state index in [1.165, 1.54) is 0 Å². The summed E-state index contributed by atoms with van der Waals surface area (Å²) in [7, 11) is 0. The van der Waals surface area contributed by atoms with Crippen molar-refractivity contribution in [2.24, 2.45) is 5.73 Å².